The summed E-state index contributed by atoms with van der Waals surface area (Å²) in [5.41, 5.74) is 0.783. The van der Waals surface area contributed by atoms with E-state index in [9.17, 15) is 14.4 Å². The van der Waals surface area contributed by atoms with Gasteiger partial charge in [0.1, 0.15) is 5.75 Å². The predicted octanol–water partition coefficient (Wildman–Crippen LogP) is 1.88. The molecule has 0 aliphatic rings. The standard InChI is InChI=1S/C17H22N2O5/c1-4-12(2)18-17(22)19-15(20)11-24-16(21)10-7-13-5-8-14(23-3)9-6-13/h5-10,12H,4,11H2,1-3H3,(H2,18,19,20,22)/b10-7+/t12-/m0/s1. The second kappa shape index (κ2) is 10.0. The lowest BCUT2D eigenvalue weighted by molar-refractivity contribution is -0.143. The number of imide groups is 1. The normalized spacial score (nSPS) is 11.6. The van der Waals surface area contributed by atoms with Gasteiger partial charge in [0.2, 0.25) is 0 Å². The number of urea groups is 1. The van der Waals surface area contributed by atoms with Crippen LogP contribution in [0.2, 0.25) is 0 Å². The molecule has 0 aliphatic carbocycles. The van der Waals surface area contributed by atoms with Crippen molar-refractivity contribution in [3.8, 4) is 5.75 Å². The Bertz CT molecular complexity index is 596. The maximum Gasteiger partial charge on any atom is 0.331 e. The van der Waals surface area contributed by atoms with E-state index in [-0.39, 0.29) is 6.04 Å². The number of esters is 1. The molecule has 0 radical (unpaired) electrons. The highest BCUT2D eigenvalue weighted by atomic mass is 16.5. The molecule has 1 rings (SSSR count). The van der Waals surface area contributed by atoms with Crippen LogP contribution in [0.1, 0.15) is 25.8 Å². The van der Waals surface area contributed by atoms with Crippen molar-refractivity contribution in [2.45, 2.75) is 26.3 Å². The van der Waals surface area contributed by atoms with E-state index >= 15 is 0 Å². The Morgan fingerprint density at radius 3 is 2.46 bits per heavy atom. The number of rotatable bonds is 7. The molecule has 7 heteroatoms. The minimum absolute atomic E-state index is 0.0484. The SMILES string of the molecule is CC[C@H](C)NC(=O)NC(=O)COC(=O)/C=C/c1ccc(OC)cc1. The topological polar surface area (TPSA) is 93.7 Å². The summed E-state index contributed by atoms with van der Waals surface area (Å²) in [5, 5.41) is 4.65. The first-order valence-corrected chi connectivity index (χ1v) is 7.53. The van der Waals surface area contributed by atoms with Gasteiger partial charge >= 0.3 is 12.0 Å². The third kappa shape index (κ3) is 7.44. The van der Waals surface area contributed by atoms with Gasteiger partial charge < -0.3 is 14.8 Å². The second-order valence-electron chi connectivity index (χ2n) is 5.05. The van der Waals surface area contributed by atoms with Crippen LogP contribution in [0, 0.1) is 0 Å². The Morgan fingerprint density at radius 2 is 1.88 bits per heavy atom. The molecule has 1 aromatic rings. The monoisotopic (exact) mass is 334 g/mol. The fourth-order valence-electron chi connectivity index (χ4n) is 1.59. The molecule has 1 aromatic carbocycles. The molecule has 2 N–H and O–H groups in total. The van der Waals surface area contributed by atoms with E-state index in [2.05, 4.69) is 10.6 Å². The lowest BCUT2D eigenvalue weighted by Gasteiger charge is -2.11. The van der Waals surface area contributed by atoms with E-state index in [1.165, 1.54) is 6.08 Å². The lowest BCUT2D eigenvalue weighted by Crippen LogP contribution is -2.44. The van der Waals surface area contributed by atoms with E-state index in [0.717, 1.165) is 12.0 Å². The highest BCUT2D eigenvalue weighted by Gasteiger charge is 2.11. The summed E-state index contributed by atoms with van der Waals surface area (Å²) in [5.74, 6) is -0.660. The largest absolute Gasteiger partial charge is 0.497 e. The number of hydrogen-bond donors (Lipinski definition) is 2. The van der Waals surface area contributed by atoms with Gasteiger partial charge in [0.25, 0.3) is 5.91 Å². The van der Waals surface area contributed by atoms with E-state index < -0.39 is 24.5 Å². The van der Waals surface area contributed by atoms with Gasteiger partial charge in [0.15, 0.2) is 6.61 Å². The van der Waals surface area contributed by atoms with Crippen molar-refractivity contribution in [2.75, 3.05) is 13.7 Å². The van der Waals surface area contributed by atoms with E-state index in [0.29, 0.717) is 5.75 Å². The smallest absolute Gasteiger partial charge is 0.331 e. The number of carbonyl (C=O) groups is 3. The molecule has 1 atom stereocenters. The maximum atomic E-state index is 11.5. The van der Waals surface area contributed by atoms with Crippen LogP contribution < -0.4 is 15.4 Å². The van der Waals surface area contributed by atoms with Crippen molar-refractivity contribution in [2.24, 2.45) is 0 Å². The van der Waals surface area contributed by atoms with Crippen molar-refractivity contribution in [1.82, 2.24) is 10.6 Å². The molecule has 0 heterocycles. The first-order valence-electron chi connectivity index (χ1n) is 7.53. The van der Waals surface area contributed by atoms with Crippen molar-refractivity contribution >= 4 is 24.0 Å². The highest BCUT2D eigenvalue weighted by molar-refractivity contribution is 5.96. The molecule has 0 saturated heterocycles. The zero-order chi connectivity index (χ0) is 17.9. The fourth-order valence-corrected chi connectivity index (χ4v) is 1.59. The van der Waals surface area contributed by atoms with Crippen LogP contribution in [0.4, 0.5) is 4.79 Å². The fraction of sp³-hybridized carbons (Fsp3) is 0.353. The minimum Gasteiger partial charge on any atom is -0.497 e. The molecule has 24 heavy (non-hydrogen) atoms. The number of amides is 3. The van der Waals surface area contributed by atoms with Gasteiger partial charge in [0, 0.05) is 12.1 Å². The van der Waals surface area contributed by atoms with Crippen LogP contribution in [0.3, 0.4) is 0 Å². The van der Waals surface area contributed by atoms with Gasteiger partial charge in [-0.05, 0) is 37.1 Å². The van der Waals surface area contributed by atoms with Crippen molar-refractivity contribution in [1.29, 1.82) is 0 Å². The molecule has 0 aliphatic heterocycles. The summed E-state index contributed by atoms with van der Waals surface area (Å²) in [7, 11) is 1.57. The molecule has 0 unspecified atom stereocenters. The third-order valence-electron chi connectivity index (χ3n) is 3.12. The Hall–Kier alpha value is -2.83. The summed E-state index contributed by atoms with van der Waals surface area (Å²) in [6.07, 6.45) is 3.50. The number of ether oxygens (including phenoxy) is 2. The Morgan fingerprint density at radius 1 is 1.21 bits per heavy atom. The summed E-state index contributed by atoms with van der Waals surface area (Å²) in [6, 6.07) is 6.40. The average Bonchev–Trinajstić information content (AvgIpc) is 2.58. The highest BCUT2D eigenvalue weighted by Crippen LogP contribution is 2.12. The summed E-state index contributed by atoms with van der Waals surface area (Å²) < 4.78 is 9.79. The first kappa shape index (κ1) is 19.2. The quantitative estimate of drug-likeness (QED) is 0.586. The van der Waals surface area contributed by atoms with Gasteiger partial charge in [-0.1, -0.05) is 19.1 Å². The minimum atomic E-state index is -0.693. The van der Waals surface area contributed by atoms with Gasteiger partial charge in [-0.2, -0.15) is 0 Å². The van der Waals surface area contributed by atoms with Crippen LogP contribution in [0.5, 0.6) is 5.75 Å². The summed E-state index contributed by atoms with van der Waals surface area (Å²) in [4.78, 5) is 34.4. The molecule has 3 amide bonds. The first-order chi connectivity index (χ1) is 11.4. The number of carbonyl (C=O) groups excluding carboxylic acids is 3. The summed E-state index contributed by atoms with van der Waals surface area (Å²) >= 11 is 0. The van der Waals surface area contributed by atoms with E-state index in [1.807, 2.05) is 13.8 Å². The van der Waals surface area contributed by atoms with Crippen molar-refractivity contribution in [3.05, 3.63) is 35.9 Å². The van der Waals surface area contributed by atoms with Gasteiger partial charge in [-0.25, -0.2) is 9.59 Å². The third-order valence-corrected chi connectivity index (χ3v) is 3.12. The van der Waals surface area contributed by atoms with Crippen molar-refractivity contribution < 1.29 is 23.9 Å². The Kier molecular flexibility index (Phi) is 8.04. The van der Waals surface area contributed by atoms with Crippen LogP contribution in [0.15, 0.2) is 30.3 Å². The van der Waals surface area contributed by atoms with Crippen LogP contribution in [0.25, 0.3) is 6.08 Å². The predicted molar refractivity (Wildman–Crippen MR) is 89.4 cm³/mol. The molecule has 0 fully saturated rings. The molecule has 0 bridgehead atoms. The molecular formula is C17H22N2O5. The van der Waals surface area contributed by atoms with Crippen LogP contribution >= 0.6 is 0 Å². The molecule has 0 spiro atoms. The number of benzene rings is 1. The zero-order valence-electron chi connectivity index (χ0n) is 14.0. The van der Waals surface area contributed by atoms with Crippen molar-refractivity contribution in [3.63, 3.8) is 0 Å². The number of nitrogens with one attached hydrogen (secondary N) is 2. The molecular weight excluding hydrogens is 312 g/mol. The van der Waals surface area contributed by atoms with E-state index in [4.69, 9.17) is 9.47 Å². The van der Waals surface area contributed by atoms with Crippen LogP contribution in [-0.4, -0.2) is 37.7 Å². The number of hydrogen-bond acceptors (Lipinski definition) is 5. The second-order valence-corrected chi connectivity index (χ2v) is 5.05. The zero-order valence-corrected chi connectivity index (χ0v) is 14.0. The average molecular weight is 334 g/mol. The molecule has 0 aromatic heterocycles. The van der Waals surface area contributed by atoms with Gasteiger partial charge in [0.05, 0.1) is 7.11 Å². The van der Waals surface area contributed by atoms with Gasteiger partial charge in [-0.3, -0.25) is 10.1 Å². The Balaban J connectivity index is 2.35. The summed E-state index contributed by atoms with van der Waals surface area (Å²) in [6.45, 7) is 3.19. The van der Waals surface area contributed by atoms with E-state index in [1.54, 1.807) is 37.5 Å². The lowest BCUT2D eigenvalue weighted by atomic mass is 10.2. The van der Waals surface area contributed by atoms with Gasteiger partial charge in [-0.15, -0.1) is 0 Å². The van der Waals surface area contributed by atoms with Crippen LogP contribution in [-0.2, 0) is 14.3 Å². The molecule has 0 saturated carbocycles. The molecule has 7 nitrogen and oxygen atoms in total. The maximum absolute atomic E-state index is 11.5. The molecule has 130 valence electrons. The number of methoxy groups -OCH3 is 1. The Labute approximate surface area is 141 Å².